The molecule has 1 aromatic heterocycles. The summed E-state index contributed by atoms with van der Waals surface area (Å²) in [6.45, 7) is 4.03. The van der Waals surface area contributed by atoms with Crippen LogP contribution in [0.3, 0.4) is 0 Å². The molecule has 4 heteroatoms. The van der Waals surface area contributed by atoms with Gasteiger partial charge in [0.05, 0.1) is 7.05 Å². The van der Waals surface area contributed by atoms with E-state index in [9.17, 15) is 0 Å². The van der Waals surface area contributed by atoms with Gasteiger partial charge >= 0.3 is 0 Å². The molecule has 1 heterocycles. The van der Waals surface area contributed by atoms with Gasteiger partial charge in [0, 0.05) is 33.3 Å². The van der Waals surface area contributed by atoms with E-state index in [0.717, 1.165) is 5.82 Å². The summed E-state index contributed by atoms with van der Waals surface area (Å²) in [5.74, 6) is 2.22. The Kier molecular flexibility index (Phi) is 3.17. The van der Waals surface area contributed by atoms with Crippen LogP contribution in [0.5, 0.6) is 0 Å². The average Bonchev–Trinajstić information content (AvgIpc) is 1.98. The third-order valence-electron chi connectivity index (χ3n) is 1.73. The van der Waals surface area contributed by atoms with Crippen molar-refractivity contribution in [3.05, 3.63) is 11.6 Å². The van der Waals surface area contributed by atoms with Gasteiger partial charge in [-0.2, -0.15) is 0 Å². The van der Waals surface area contributed by atoms with Gasteiger partial charge in [-0.15, -0.1) is 4.68 Å². The van der Waals surface area contributed by atoms with Gasteiger partial charge in [0.25, 0.3) is 5.82 Å². The van der Waals surface area contributed by atoms with Gasteiger partial charge in [0.15, 0.2) is 0 Å². The van der Waals surface area contributed by atoms with Crippen LogP contribution in [-0.2, 0) is 33.6 Å². The van der Waals surface area contributed by atoms with Crippen LogP contribution < -0.4 is 4.68 Å². The van der Waals surface area contributed by atoms with Crippen molar-refractivity contribution in [3.63, 3.8) is 0 Å². The fourth-order valence-corrected chi connectivity index (χ4v) is 0.808. The SMILES string of the molecule is Cc1n[n+](C)c(C)n1C.[Ru]. The average molecular weight is 227 g/mol. The van der Waals surface area contributed by atoms with E-state index in [4.69, 9.17) is 0 Å². The van der Waals surface area contributed by atoms with Crippen LogP contribution in [0.4, 0.5) is 0 Å². The first-order chi connectivity index (χ1) is 4.13. The first-order valence-electron chi connectivity index (χ1n) is 2.99. The van der Waals surface area contributed by atoms with Crippen molar-refractivity contribution in [2.75, 3.05) is 0 Å². The second kappa shape index (κ2) is 3.24. The Morgan fingerprint density at radius 2 is 1.90 bits per heavy atom. The molecular formula is C6H12N3Ru+. The quantitative estimate of drug-likeness (QED) is 0.446. The van der Waals surface area contributed by atoms with Gasteiger partial charge in [0.1, 0.15) is 7.05 Å². The predicted molar refractivity (Wildman–Crippen MR) is 33.9 cm³/mol. The number of rotatable bonds is 0. The van der Waals surface area contributed by atoms with Gasteiger partial charge in [-0.05, 0) is 5.10 Å². The summed E-state index contributed by atoms with van der Waals surface area (Å²) in [7, 11) is 3.96. The summed E-state index contributed by atoms with van der Waals surface area (Å²) in [4.78, 5) is 0. The van der Waals surface area contributed by atoms with E-state index in [2.05, 4.69) is 9.67 Å². The van der Waals surface area contributed by atoms with Crippen LogP contribution in [0, 0.1) is 13.8 Å². The van der Waals surface area contributed by atoms with Gasteiger partial charge in [-0.3, -0.25) is 0 Å². The van der Waals surface area contributed by atoms with E-state index in [1.165, 1.54) is 5.82 Å². The minimum absolute atomic E-state index is 0. The summed E-state index contributed by atoms with van der Waals surface area (Å²) in [5.41, 5.74) is 0. The molecular weight excluding hydrogens is 215 g/mol. The molecule has 0 radical (unpaired) electrons. The molecule has 0 saturated heterocycles. The zero-order chi connectivity index (χ0) is 7.02. The minimum Gasteiger partial charge on any atom is -0.217 e. The molecule has 0 atom stereocenters. The molecule has 0 fully saturated rings. The molecule has 0 spiro atoms. The number of hydrogen-bond acceptors (Lipinski definition) is 1. The zero-order valence-corrected chi connectivity index (χ0v) is 8.43. The van der Waals surface area contributed by atoms with Gasteiger partial charge in [-0.1, -0.05) is 0 Å². The van der Waals surface area contributed by atoms with Gasteiger partial charge < -0.3 is 0 Å². The van der Waals surface area contributed by atoms with Crippen molar-refractivity contribution in [1.82, 2.24) is 9.67 Å². The number of hydrogen-bond donors (Lipinski definition) is 0. The molecule has 10 heavy (non-hydrogen) atoms. The second-order valence-electron chi connectivity index (χ2n) is 2.28. The summed E-state index contributed by atoms with van der Waals surface area (Å²) in [6, 6.07) is 0. The van der Waals surface area contributed by atoms with Crippen LogP contribution in [0.2, 0.25) is 0 Å². The Balaban J connectivity index is 0.000000810. The Morgan fingerprint density at radius 1 is 1.40 bits per heavy atom. The predicted octanol–water partition coefficient (Wildman–Crippen LogP) is -0.141. The van der Waals surface area contributed by atoms with Gasteiger partial charge in [0.2, 0.25) is 5.82 Å². The van der Waals surface area contributed by atoms with Crippen LogP contribution in [0.25, 0.3) is 0 Å². The van der Waals surface area contributed by atoms with Crippen LogP contribution in [-0.4, -0.2) is 9.67 Å². The topological polar surface area (TPSA) is 21.7 Å². The fourth-order valence-electron chi connectivity index (χ4n) is 0.808. The molecule has 0 aliphatic heterocycles. The molecule has 1 rings (SSSR count). The van der Waals surface area contributed by atoms with Crippen molar-refractivity contribution < 1.29 is 24.2 Å². The molecule has 3 nitrogen and oxygen atoms in total. The van der Waals surface area contributed by atoms with Crippen molar-refractivity contribution in [3.8, 4) is 0 Å². The maximum absolute atomic E-state index is 4.19. The molecule has 0 amide bonds. The fraction of sp³-hybridized carbons (Fsp3) is 0.667. The molecule has 0 bridgehead atoms. The summed E-state index contributed by atoms with van der Waals surface area (Å²) in [6.07, 6.45) is 0. The Labute approximate surface area is 73.8 Å². The number of aryl methyl sites for hydroxylation is 2. The van der Waals surface area contributed by atoms with Crippen molar-refractivity contribution >= 4 is 0 Å². The second-order valence-corrected chi connectivity index (χ2v) is 2.28. The maximum Gasteiger partial charge on any atom is 0.274 e. The Morgan fingerprint density at radius 3 is 2.00 bits per heavy atom. The third kappa shape index (κ3) is 1.43. The standard InChI is InChI=1S/C6H12N3.Ru/c1-5-7-9(4)6(2)8(5)3;/h1-4H3;/q+1;. The summed E-state index contributed by atoms with van der Waals surface area (Å²) in [5, 5.41) is 4.19. The van der Waals surface area contributed by atoms with E-state index >= 15 is 0 Å². The number of aromatic nitrogens is 3. The van der Waals surface area contributed by atoms with E-state index < -0.39 is 0 Å². The third-order valence-corrected chi connectivity index (χ3v) is 1.73. The Hall–Kier alpha value is -0.237. The van der Waals surface area contributed by atoms with Crippen LogP contribution in [0.1, 0.15) is 11.6 Å². The molecule has 1 aromatic rings. The molecule has 0 aromatic carbocycles. The van der Waals surface area contributed by atoms with E-state index in [-0.39, 0.29) is 19.5 Å². The molecule has 0 unspecified atom stereocenters. The molecule has 0 N–H and O–H groups in total. The first kappa shape index (κ1) is 9.76. The van der Waals surface area contributed by atoms with Crippen molar-refractivity contribution in [2.24, 2.45) is 14.1 Å². The smallest absolute Gasteiger partial charge is 0.217 e. The molecule has 58 valence electrons. The summed E-state index contributed by atoms with van der Waals surface area (Å²) < 4.78 is 3.93. The molecule has 0 saturated carbocycles. The molecule has 0 aliphatic rings. The zero-order valence-electron chi connectivity index (χ0n) is 6.70. The van der Waals surface area contributed by atoms with E-state index in [1.54, 1.807) is 0 Å². The van der Waals surface area contributed by atoms with Crippen LogP contribution in [0.15, 0.2) is 0 Å². The minimum atomic E-state index is 0. The summed E-state index contributed by atoms with van der Waals surface area (Å²) >= 11 is 0. The first-order valence-corrected chi connectivity index (χ1v) is 2.99. The van der Waals surface area contributed by atoms with Crippen molar-refractivity contribution in [2.45, 2.75) is 13.8 Å². The van der Waals surface area contributed by atoms with E-state index in [0.29, 0.717) is 0 Å². The van der Waals surface area contributed by atoms with E-state index in [1.807, 2.05) is 32.6 Å². The molecule has 0 aliphatic carbocycles. The number of nitrogens with zero attached hydrogens (tertiary/aromatic N) is 3. The van der Waals surface area contributed by atoms with Gasteiger partial charge in [-0.25, -0.2) is 4.57 Å². The van der Waals surface area contributed by atoms with Crippen molar-refractivity contribution in [1.29, 1.82) is 0 Å². The monoisotopic (exact) mass is 228 g/mol. The Bertz CT molecular complexity index is 207. The van der Waals surface area contributed by atoms with Crippen LogP contribution >= 0.6 is 0 Å². The largest absolute Gasteiger partial charge is 0.274 e. The maximum atomic E-state index is 4.19. The normalized spacial score (nSPS) is 9.20.